The van der Waals surface area contributed by atoms with Crippen LogP contribution in [0.1, 0.15) is 15.9 Å². The van der Waals surface area contributed by atoms with Crippen LogP contribution in [0.15, 0.2) is 18.2 Å². The van der Waals surface area contributed by atoms with Gasteiger partial charge in [-0.15, -0.1) is 0 Å². The summed E-state index contributed by atoms with van der Waals surface area (Å²) in [5.74, 6) is -1.17. The van der Waals surface area contributed by atoms with Gasteiger partial charge in [0, 0.05) is 0 Å². The summed E-state index contributed by atoms with van der Waals surface area (Å²) in [5.41, 5.74) is 0.599. The lowest BCUT2D eigenvalue weighted by Gasteiger charge is -2.03. The first kappa shape index (κ1) is 8.71. The van der Waals surface area contributed by atoms with E-state index in [0.29, 0.717) is 5.56 Å². The highest BCUT2D eigenvalue weighted by atomic mass is 19.1. The molecule has 2 nitrogen and oxygen atoms in total. The number of carbonyl (C=O) groups is 1. The SMILES string of the molecule is COC(=O)c1c(C)cccc1F. The van der Waals surface area contributed by atoms with Gasteiger partial charge in [-0.1, -0.05) is 12.1 Å². The molecule has 0 saturated carbocycles. The van der Waals surface area contributed by atoms with Gasteiger partial charge in [-0.05, 0) is 18.6 Å². The highest BCUT2D eigenvalue weighted by molar-refractivity contribution is 5.91. The highest BCUT2D eigenvalue weighted by Gasteiger charge is 2.13. The summed E-state index contributed by atoms with van der Waals surface area (Å²) in [6.45, 7) is 1.66. The maximum atomic E-state index is 13.0. The largest absolute Gasteiger partial charge is 0.465 e. The van der Waals surface area contributed by atoms with Crippen LogP contribution in [0.2, 0.25) is 0 Å². The number of rotatable bonds is 1. The second-order valence-electron chi connectivity index (χ2n) is 2.42. The number of ether oxygens (including phenoxy) is 1. The molecule has 0 N–H and O–H groups in total. The molecule has 0 amide bonds. The zero-order valence-corrected chi connectivity index (χ0v) is 6.93. The molecule has 0 spiro atoms. The lowest BCUT2D eigenvalue weighted by atomic mass is 10.1. The molecule has 0 atom stereocenters. The summed E-state index contributed by atoms with van der Waals surface area (Å²) in [7, 11) is 1.23. The van der Waals surface area contributed by atoms with Crippen molar-refractivity contribution in [2.75, 3.05) is 7.11 Å². The van der Waals surface area contributed by atoms with Gasteiger partial charge in [-0.2, -0.15) is 0 Å². The zero-order valence-electron chi connectivity index (χ0n) is 6.93. The molecule has 0 saturated heterocycles. The summed E-state index contributed by atoms with van der Waals surface area (Å²) in [6.07, 6.45) is 0. The van der Waals surface area contributed by atoms with Crippen molar-refractivity contribution in [3.8, 4) is 0 Å². The summed E-state index contributed by atoms with van der Waals surface area (Å²) in [6, 6.07) is 4.45. The molecule has 1 aromatic rings. The molecule has 0 heterocycles. The van der Waals surface area contributed by atoms with Crippen LogP contribution in [0.4, 0.5) is 4.39 Å². The third-order valence-corrected chi connectivity index (χ3v) is 1.61. The number of methoxy groups -OCH3 is 1. The Bertz CT molecular complexity index is 287. The fourth-order valence-electron chi connectivity index (χ4n) is 0.993. The van der Waals surface area contributed by atoms with E-state index in [2.05, 4.69) is 4.74 Å². The predicted molar refractivity (Wildman–Crippen MR) is 42.5 cm³/mol. The number of carbonyl (C=O) groups excluding carboxylic acids is 1. The molecule has 0 bridgehead atoms. The standard InChI is InChI=1S/C9H9FO2/c1-6-4-3-5-7(10)8(6)9(11)12-2/h3-5H,1-2H3. The normalized spacial score (nSPS) is 9.58. The maximum absolute atomic E-state index is 13.0. The smallest absolute Gasteiger partial charge is 0.341 e. The van der Waals surface area contributed by atoms with E-state index in [9.17, 15) is 9.18 Å². The van der Waals surface area contributed by atoms with Crippen LogP contribution in [-0.2, 0) is 4.74 Å². The molecule has 1 aromatic carbocycles. The molecule has 3 heteroatoms. The third kappa shape index (κ3) is 1.44. The Balaban J connectivity index is 3.21. The fourth-order valence-corrected chi connectivity index (χ4v) is 0.993. The Morgan fingerprint density at radius 2 is 2.17 bits per heavy atom. The van der Waals surface area contributed by atoms with E-state index in [-0.39, 0.29) is 5.56 Å². The van der Waals surface area contributed by atoms with Gasteiger partial charge in [-0.25, -0.2) is 9.18 Å². The van der Waals surface area contributed by atoms with Crippen LogP contribution >= 0.6 is 0 Å². The monoisotopic (exact) mass is 168 g/mol. The van der Waals surface area contributed by atoms with Crippen LogP contribution in [0.3, 0.4) is 0 Å². The lowest BCUT2D eigenvalue weighted by Crippen LogP contribution is -2.06. The third-order valence-electron chi connectivity index (χ3n) is 1.61. The molecule has 12 heavy (non-hydrogen) atoms. The second kappa shape index (κ2) is 3.34. The van der Waals surface area contributed by atoms with E-state index >= 15 is 0 Å². The minimum Gasteiger partial charge on any atom is -0.465 e. The minimum atomic E-state index is -0.634. The van der Waals surface area contributed by atoms with Crippen LogP contribution < -0.4 is 0 Å². The Labute approximate surface area is 70.0 Å². The van der Waals surface area contributed by atoms with Gasteiger partial charge in [-0.3, -0.25) is 0 Å². The van der Waals surface area contributed by atoms with Crippen LogP contribution in [0.5, 0.6) is 0 Å². The summed E-state index contributed by atoms with van der Waals surface area (Å²) >= 11 is 0. The molecule has 0 aliphatic rings. The first-order valence-electron chi connectivity index (χ1n) is 3.50. The van der Waals surface area contributed by atoms with Gasteiger partial charge in [0.2, 0.25) is 0 Å². The first-order valence-corrected chi connectivity index (χ1v) is 3.50. The van der Waals surface area contributed by atoms with Crippen molar-refractivity contribution in [2.24, 2.45) is 0 Å². The van der Waals surface area contributed by atoms with Crippen molar-refractivity contribution in [1.29, 1.82) is 0 Å². The quantitative estimate of drug-likeness (QED) is 0.599. The topological polar surface area (TPSA) is 26.3 Å². The van der Waals surface area contributed by atoms with Crippen LogP contribution in [0, 0.1) is 12.7 Å². The Kier molecular flexibility index (Phi) is 2.43. The van der Waals surface area contributed by atoms with E-state index < -0.39 is 11.8 Å². The molecule has 1 rings (SSSR count). The Morgan fingerprint density at radius 1 is 1.50 bits per heavy atom. The fraction of sp³-hybridized carbons (Fsp3) is 0.222. The average Bonchev–Trinajstić information content (AvgIpc) is 2.03. The number of esters is 1. The maximum Gasteiger partial charge on any atom is 0.341 e. The van der Waals surface area contributed by atoms with E-state index in [4.69, 9.17) is 0 Å². The van der Waals surface area contributed by atoms with Gasteiger partial charge in [0.1, 0.15) is 5.82 Å². The van der Waals surface area contributed by atoms with Crippen LogP contribution in [-0.4, -0.2) is 13.1 Å². The highest BCUT2D eigenvalue weighted by Crippen LogP contribution is 2.12. The average molecular weight is 168 g/mol. The van der Waals surface area contributed by atoms with Gasteiger partial charge in [0.25, 0.3) is 0 Å². The first-order chi connectivity index (χ1) is 5.66. The van der Waals surface area contributed by atoms with Crippen molar-refractivity contribution in [2.45, 2.75) is 6.92 Å². The Hall–Kier alpha value is -1.38. The minimum absolute atomic E-state index is 0.0139. The molecule has 0 radical (unpaired) electrons. The number of hydrogen-bond donors (Lipinski definition) is 0. The van der Waals surface area contributed by atoms with E-state index in [1.807, 2.05) is 0 Å². The van der Waals surface area contributed by atoms with Crippen molar-refractivity contribution < 1.29 is 13.9 Å². The van der Waals surface area contributed by atoms with E-state index in [1.165, 1.54) is 13.2 Å². The van der Waals surface area contributed by atoms with Gasteiger partial charge < -0.3 is 4.74 Å². The second-order valence-corrected chi connectivity index (χ2v) is 2.42. The summed E-state index contributed by atoms with van der Waals surface area (Å²) < 4.78 is 17.4. The molecule has 0 aliphatic carbocycles. The molecule has 0 unspecified atom stereocenters. The Morgan fingerprint density at radius 3 is 2.67 bits per heavy atom. The van der Waals surface area contributed by atoms with Crippen molar-refractivity contribution >= 4 is 5.97 Å². The molecule has 0 fully saturated rings. The van der Waals surface area contributed by atoms with Gasteiger partial charge >= 0.3 is 5.97 Å². The summed E-state index contributed by atoms with van der Waals surface area (Å²) in [4.78, 5) is 11.0. The van der Waals surface area contributed by atoms with Crippen molar-refractivity contribution in [3.05, 3.63) is 35.1 Å². The molecular formula is C9H9FO2. The van der Waals surface area contributed by atoms with E-state index in [1.54, 1.807) is 19.1 Å². The number of hydrogen-bond acceptors (Lipinski definition) is 2. The van der Waals surface area contributed by atoms with Crippen LogP contribution in [0.25, 0.3) is 0 Å². The van der Waals surface area contributed by atoms with Gasteiger partial charge in [0.15, 0.2) is 0 Å². The molecule has 0 aliphatic heterocycles. The van der Waals surface area contributed by atoms with Gasteiger partial charge in [0.05, 0.1) is 12.7 Å². The predicted octanol–water partition coefficient (Wildman–Crippen LogP) is 1.92. The van der Waals surface area contributed by atoms with Crippen molar-refractivity contribution in [3.63, 3.8) is 0 Å². The number of aryl methyl sites for hydroxylation is 1. The van der Waals surface area contributed by atoms with E-state index in [0.717, 1.165) is 0 Å². The molecule has 64 valence electrons. The van der Waals surface area contributed by atoms with Crippen molar-refractivity contribution in [1.82, 2.24) is 0 Å². The zero-order chi connectivity index (χ0) is 9.14. The lowest BCUT2D eigenvalue weighted by molar-refractivity contribution is 0.0594. The molecular weight excluding hydrogens is 159 g/mol. The molecule has 0 aromatic heterocycles. The number of halogens is 1. The summed E-state index contributed by atoms with van der Waals surface area (Å²) in [5, 5.41) is 0. The number of benzene rings is 1.